The number of ether oxygens (including phenoxy) is 1. The zero-order valence-corrected chi connectivity index (χ0v) is 19.8. The Labute approximate surface area is 191 Å². The van der Waals surface area contributed by atoms with E-state index in [1.165, 1.54) is 24.0 Å². The first-order valence-electron chi connectivity index (χ1n) is 10.7. The topological polar surface area (TPSA) is 66.0 Å². The van der Waals surface area contributed by atoms with Gasteiger partial charge in [0, 0.05) is 52.4 Å². The molecule has 1 aromatic rings. The van der Waals surface area contributed by atoms with Gasteiger partial charge in [0.1, 0.15) is 0 Å². The van der Waals surface area contributed by atoms with Crippen LogP contribution >= 0.6 is 24.0 Å². The number of hydrogen-bond acceptors (Lipinski definition) is 3. The van der Waals surface area contributed by atoms with E-state index in [1.54, 1.807) is 0 Å². The van der Waals surface area contributed by atoms with E-state index in [-0.39, 0.29) is 29.9 Å². The molecule has 2 N–H and O–H groups in total. The van der Waals surface area contributed by atoms with Crippen LogP contribution in [0.4, 0.5) is 0 Å². The van der Waals surface area contributed by atoms with Gasteiger partial charge in [-0.15, -0.1) is 24.0 Å². The Morgan fingerprint density at radius 3 is 2.55 bits per heavy atom. The van der Waals surface area contributed by atoms with Crippen LogP contribution in [-0.4, -0.2) is 49.6 Å². The highest BCUT2D eigenvalue weighted by atomic mass is 127. The fourth-order valence-electron chi connectivity index (χ4n) is 3.35. The van der Waals surface area contributed by atoms with Gasteiger partial charge in [-0.3, -0.25) is 9.79 Å². The monoisotopic (exact) mass is 514 g/mol. The Morgan fingerprint density at radius 1 is 1.17 bits per heavy atom. The maximum Gasteiger partial charge on any atom is 0.223 e. The predicted molar refractivity (Wildman–Crippen MR) is 127 cm³/mol. The third-order valence-electron chi connectivity index (χ3n) is 5.16. The highest BCUT2D eigenvalue weighted by Gasteiger charge is 2.22. The maximum absolute atomic E-state index is 12.4. The molecule has 1 aliphatic carbocycles. The van der Waals surface area contributed by atoms with Gasteiger partial charge in [-0.05, 0) is 49.7 Å². The number of guanidine groups is 1. The van der Waals surface area contributed by atoms with Crippen LogP contribution in [0.3, 0.4) is 0 Å². The van der Waals surface area contributed by atoms with Crippen LogP contribution < -0.4 is 10.6 Å². The summed E-state index contributed by atoms with van der Waals surface area (Å²) < 4.78 is 5.65. The minimum absolute atomic E-state index is 0. The molecule has 1 saturated carbocycles. The van der Waals surface area contributed by atoms with Gasteiger partial charge >= 0.3 is 0 Å². The summed E-state index contributed by atoms with van der Waals surface area (Å²) in [4.78, 5) is 19.0. The van der Waals surface area contributed by atoms with Gasteiger partial charge < -0.3 is 20.3 Å². The number of fused-ring (bicyclic) bond motifs is 1. The second-order valence-corrected chi connectivity index (χ2v) is 7.68. The zero-order valence-electron chi connectivity index (χ0n) is 17.5. The zero-order chi connectivity index (χ0) is 19.6. The van der Waals surface area contributed by atoms with E-state index >= 15 is 0 Å². The van der Waals surface area contributed by atoms with Crippen molar-refractivity contribution in [1.29, 1.82) is 0 Å². The molecule has 6 nitrogen and oxygen atoms in total. The fourth-order valence-corrected chi connectivity index (χ4v) is 3.35. The van der Waals surface area contributed by atoms with Crippen molar-refractivity contribution in [1.82, 2.24) is 15.5 Å². The predicted octanol–water partition coefficient (Wildman–Crippen LogP) is 3.30. The van der Waals surface area contributed by atoms with Gasteiger partial charge in [0.2, 0.25) is 5.91 Å². The number of amides is 1. The summed E-state index contributed by atoms with van der Waals surface area (Å²) in [7, 11) is 0. The quantitative estimate of drug-likeness (QED) is 0.206. The number of aliphatic imine (C=N–C) groups is 1. The van der Waals surface area contributed by atoms with Gasteiger partial charge in [0.15, 0.2) is 5.96 Å². The minimum Gasteiger partial charge on any atom is -0.381 e. The molecule has 1 fully saturated rings. The Morgan fingerprint density at radius 2 is 1.90 bits per heavy atom. The van der Waals surface area contributed by atoms with Crippen LogP contribution in [0.5, 0.6) is 0 Å². The van der Waals surface area contributed by atoms with Crippen molar-refractivity contribution in [3.63, 3.8) is 0 Å². The van der Waals surface area contributed by atoms with Crippen LogP contribution in [0.1, 0.15) is 50.2 Å². The van der Waals surface area contributed by atoms with Gasteiger partial charge in [-0.2, -0.15) is 0 Å². The average Bonchev–Trinajstić information content (AvgIpc) is 3.42. The van der Waals surface area contributed by atoms with E-state index in [0.29, 0.717) is 13.0 Å². The van der Waals surface area contributed by atoms with Gasteiger partial charge in [-0.1, -0.05) is 24.3 Å². The van der Waals surface area contributed by atoms with Crippen LogP contribution in [0, 0.1) is 5.92 Å². The Hall–Kier alpha value is -1.35. The van der Waals surface area contributed by atoms with E-state index in [1.807, 2.05) is 17.0 Å². The summed E-state index contributed by atoms with van der Waals surface area (Å²) >= 11 is 0. The molecule has 0 unspecified atom stereocenters. The molecular formula is C22H35IN4O2. The van der Waals surface area contributed by atoms with Crippen LogP contribution in [0.15, 0.2) is 29.3 Å². The van der Waals surface area contributed by atoms with Crippen molar-refractivity contribution < 1.29 is 9.53 Å². The second kappa shape index (κ2) is 13.1. The Bertz CT molecular complexity index is 639. The molecule has 3 rings (SSSR count). The highest BCUT2D eigenvalue weighted by molar-refractivity contribution is 14.0. The van der Waals surface area contributed by atoms with Gasteiger partial charge in [-0.25, -0.2) is 0 Å². The summed E-state index contributed by atoms with van der Waals surface area (Å²) in [5.41, 5.74) is 2.54. The SMILES string of the molecule is CCNC(=NCCCC(=O)N1Cc2ccccc2C1)NCCCOCC1CC1.I. The second-order valence-electron chi connectivity index (χ2n) is 7.68. The number of carbonyl (C=O) groups excluding carboxylic acids is 1. The number of halogens is 1. The van der Waals surface area contributed by atoms with Crippen molar-refractivity contribution >= 4 is 35.8 Å². The van der Waals surface area contributed by atoms with E-state index in [0.717, 1.165) is 64.1 Å². The lowest BCUT2D eigenvalue weighted by molar-refractivity contribution is -0.131. The van der Waals surface area contributed by atoms with Crippen molar-refractivity contribution in [2.45, 2.75) is 52.1 Å². The standard InChI is InChI=1S/C22H34N4O2.HI/c1-2-23-22(25-13-6-14-28-17-18-10-11-18)24-12-5-9-21(27)26-15-19-7-3-4-8-20(19)16-26;/h3-4,7-8,18H,2,5-6,9-17H2,1H3,(H2,23,24,25);1H. The van der Waals surface area contributed by atoms with Crippen molar-refractivity contribution in [3.8, 4) is 0 Å². The van der Waals surface area contributed by atoms with E-state index in [4.69, 9.17) is 4.74 Å². The molecule has 162 valence electrons. The Kier molecular flexibility index (Phi) is 10.8. The van der Waals surface area contributed by atoms with Gasteiger partial charge in [0.05, 0.1) is 0 Å². The third kappa shape index (κ3) is 8.50. The van der Waals surface area contributed by atoms with Crippen LogP contribution in [-0.2, 0) is 22.6 Å². The average molecular weight is 514 g/mol. The van der Waals surface area contributed by atoms with E-state index in [2.05, 4.69) is 34.7 Å². The molecule has 0 aromatic heterocycles. The lowest BCUT2D eigenvalue weighted by Gasteiger charge is -2.15. The number of benzene rings is 1. The normalized spacial score (nSPS) is 15.6. The molecule has 1 aliphatic heterocycles. The molecule has 0 saturated heterocycles. The molecule has 29 heavy (non-hydrogen) atoms. The number of carbonyl (C=O) groups is 1. The Balaban J connectivity index is 0.00000300. The maximum atomic E-state index is 12.4. The number of nitrogens with one attached hydrogen (secondary N) is 2. The van der Waals surface area contributed by atoms with Crippen molar-refractivity contribution in [2.24, 2.45) is 10.9 Å². The molecule has 1 aromatic carbocycles. The molecule has 0 spiro atoms. The summed E-state index contributed by atoms with van der Waals surface area (Å²) in [6.07, 6.45) is 4.97. The number of nitrogens with zero attached hydrogens (tertiary/aromatic N) is 2. The number of rotatable bonds is 11. The lowest BCUT2D eigenvalue weighted by Crippen LogP contribution is -2.38. The fraction of sp³-hybridized carbons (Fsp3) is 0.636. The molecule has 7 heteroatoms. The molecule has 0 radical (unpaired) electrons. The first-order valence-corrected chi connectivity index (χ1v) is 10.7. The van der Waals surface area contributed by atoms with E-state index in [9.17, 15) is 4.79 Å². The minimum atomic E-state index is 0. The summed E-state index contributed by atoms with van der Waals surface area (Å²) in [6, 6.07) is 8.29. The van der Waals surface area contributed by atoms with E-state index < -0.39 is 0 Å². The van der Waals surface area contributed by atoms with Crippen LogP contribution in [0.2, 0.25) is 0 Å². The van der Waals surface area contributed by atoms with Crippen molar-refractivity contribution in [2.75, 3.05) is 32.8 Å². The largest absolute Gasteiger partial charge is 0.381 e. The summed E-state index contributed by atoms with van der Waals surface area (Å²) in [5, 5.41) is 6.60. The first-order chi connectivity index (χ1) is 13.8. The molecule has 1 heterocycles. The molecule has 1 amide bonds. The molecular weight excluding hydrogens is 479 g/mol. The summed E-state index contributed by atoms with van der Waals surface area (Å²) in [6.45, 7) is 7.59. The highest BCUT2D eigenvalue weighted by Crippen LogP contribution is 2.28. The van der Waals surface area contributed by atoms with Gasteiger partial charge in [0.25, 0.3) is 0 Å². The summed E-state index contributed by atoms with van der Waals surface area (Å²) in [5.74, 6) is 1.87. The molecule has 2 aliphatic rings. The smallest absolute Gasteiger partial charge is 0.223 e. The van der Waals surface area contributed by atoms with Crippen LogP contribution in [0.25, 0.3) is 0 Å². The number of hydrogen-bond donors (Lipinski definition) is 2. The molecule has 0 atom stereocenters. The first kappa shape index (κ1) is 23.9. The molecule has 0 bridgehead atoms. The van der Waals surface area contributed by atoms with Crippen molar-refractivity contribution in [3.05, 3.63) is 35.4 Å². The third-order valence-corrected chi connectivity index (χ3v) is 5.16. The lowest BCUT2D eigenvalue weighted by atomic mass is 10.1.